The average molecular weight is 427 g/mol. The SMILES string of the molecule is C=NN(Nc1cc(Cl)ccc1OC)c1ccc(S(=O)(=O)N(C)C)cc1C(=O)O. The Morgan fingerprint density at radius 1 is 1.25 bits per heavy atom. The predicted octanol–water partition coefficient (Wildman–Crippen LogP) is 2.75. The summed E-state index contributed by atoms with van der Waals surface area (Å²) in [6.07, 6.45) is 0. The highest BCUT2D eigenvalue weighted by molar-refractivity contribution is 7.89. The number of benzene rings is 2. The van der Waals surface area contributed by atoms with E-state index < -0.39 is 16.0 Å². The first-order valence-electron chi connectivity index (χ1n) is 7.78. The van der Waals surface area contributed by atoms with Crippen LogP contribution in [0.2, 0.25) is 5.02 Å². The van der Waals surface area contributed by atoms with Crippen molar-refractivity contribution in [1.82, 2.24) is 4.31 Å². The molecule has 0 heterocycles. The Labute approximate surface area is 167 Å². The Morgan fingerprint density at radius 3 is 2.46 bits per heavy atom. The monoisotopic (exact) mass is 426 g/mol. The summed E-state index contributed by atoms with van der Waals surface area (Å²) in [5.74, 6) is -0.902. The Bertz CT molecular complexity index is 1010. The molecule has 2 aromatic carbocycles. The lowest BCUT2D eigenvalue weighted by atomic mass is 10.2. The quantitative estimate of drug-likeness (QED) is 0.493. The van der Waals surface area contributed by atoms with Crippen molar-refractivity contribution >= 4 is 45.7 Å². The molecule has 0 bridgehead atoms. The van der Waals surface area contributed by atoms with Gasteiger partial charge < -0.3 is 9.84 Å². The van der Waals surface area contributed by atoms with Gasteiger partial charge in [-0.15, -0.1) is 0 Å². The highest BCUT2D eigenvalue weighted by Gasteiger charge is 2.23. The van der Waals surface area contributed by atoms with Crippen LogP contribution in [0.25, 0.3) is 0 Å². The largest absolute Gasteiger partial charge is 0.495 e. The molecule has 0 unspecified atom stereocenters. The number of carbonyl (C=O) groups is 1. The minimum Gasteiger partial charge on any atom is -0.495 e. The summed E-state index contributed by atoms with van der Waals surface area (Å²) in [7, 11) is 0.363. The molecule has 0 aliphatic carbocycles. The first-order valence-corrected chi connectivity index (χ1v) is 9.60. The van der Waals surface area contributed by atoms with Crippen molar-refractivity contribution in [1.29, 1.82) is 0 Å². The Morgan fingerprint density at radius 2 is 1.93 bits per heavy atom. The van der Waals surface area contributed by atoms with Crippen molar-refractivity contribution < 1.29 is 23.1 Å². The second-order valence-electron chi connectivity index (χ2n) is 5.68. The summed E-state index contributed by atoms with van der Waals surface area (Å²) in [6, 6.07) is 8.47. The number of ether oxygens (including phenoxy) is 1. The molecule has 0 aromatic heterocycles. The minimum absolute atomic E-state index is 0.0715. The first kappa shape index (κ1) is 21.5. The van der Waals surface area contributed by atoms with Gasteiger partial charge in [-0.3, -0.25) is 5.43 Å². The lowest BCUT2D eigenvalue weighted by Gasteiger charge is -2.24. The molecule has 0 aliphatic heterocycles. The summed E-state index contributed by atoms with van der Waals surface area (Å²) in [4.78, 5) is 11.6. The Balaban J connectivity index is 2.54. The zero-order valence-corrected chi connectivity index (χ0v) is 17.0. The molecule has 28 heavy (non-hydrogen) atoms. The fourth-order valence-corrected chi connectivity index (χ4v) is 3.40. The molecule has 9 nitrogen and oxygen atoms in total. The van der Waals surface area contributed by atoms with Crippen molar-refractivity contribution in [2.45, 2.75) is 4.90 Å². The van der Waals surface area contributed by atoms with E-state index in [0.29, 0.717) is 16.5 Å². The predicted molar refractivity (Wildman–Crippen MR) is 108 cm³/mol. The van der Waals surface area contributed by atoms with Crippen LogP contribution in [0.15, 0.2) is 46.4 Å². The molecule has 0 amide bonds. The second kappa shape index (κ2) is 8.46. The van der Waals surface area contributed by atoms with E-state index in [1.807, 2.05) is 0 Å². The Kier molecular flexibility index (Phi) is 6.49. The van der Waals surface area contributed by atoms with Gasteiger partial charge in [0, 0.05) is 25.8 Å². The van der Waals surface area contributed by atoms with Crippen molar-refractivity contribution in [2.75, 3.05) is 31.7 Å². The lowest BCUT2D eigenvalue weighted by molar-refractivity contribution is 0.0697. The van der Waals surface area contributed by atoms with Crippen LogP contribution >= 0.6 is 11.6 Å². The second-order valence-corrected chi connectivity index (χ2v) is 8.27. The molecule has 0 radical (unpaired) electrons. The number of carboxylic acids is 1. The summed E-state index contributed by atoms with van der Waals surface area (Å²) in [5, 5.41) is 14.9. The number of methoxy groups -OCH3 is 1. The van der Waals surface area contributed by atoms with Gasteiger partial charge in [0.05, 0.1) is 28.9 Å². The minimum atomic E-state index is -3.81. The number of carboxylic acid groups (broad SMARTS) is 1. The number of hydrogen-bond donors (Lipinski definition) is 2. The van der Waals surface area contributed by atoms with Crippen LogP contribution in [-0.2, 0) is 10.0 Å². The number of hydrogen-bond acceptors (Lipinski definition) is 7. The van der Waals surface area contributed by atoms with Gasteiger partial charge in [0.2, 0.25) is 10.0 Å². The van der Waals surface area contributed by atoms with E-state index in [2.05, 4.69) is 17.2 Å². The van der Waals surface area contributed by atoms with Crippen LogP contribution in [0.3, 0.4) is 0 Å². The number of aromatic carboxylic acids is 1. The number of rotatable bonds is 8. The van der Waals surface area contributed by atoms with Crippen molar-refractivity contribution in [3.8, 4) is 5.75 Å². The molecule has 0 saturated carbocycles. The number of nitrogens with one attached hydrogen (secondary N) is 1. The number of halogens is 1. The lowest BCUT2D eigenvalue weighted by Crippen LogP contribution is -2.27. The van der Waals surface area contributed by atoms with Crippen LogP contribution in [0, 0.1) is 0 Å². The standard InChI is InChI=1S/C17H19ClN4O5S/c1-19-22(20-14-9-11(18)5-8-16(14)27-4)15-7-6-12(10-13(15)17(23)24)28(25,26)21(2)3/h5-10,20H,1H2,2-4H3,(H,23,24). The van der Waals surface area contributed by atoms with E-state index in [1.165, 1.54) is 33.3 Å². The molecular formula is C17H19ClN4O5S. The van der Waals surface area contributed by atoms with E-state index in [9.17, 15) is 18.3 Å². The molecule has 2 rings (SSSR count). The summed E-state index contributed by atoms with van der Waals surface area (Å²) in [6.45, 7) is 3.43. The maximum Gasteiger partial charge on any atom is 0.338 e. The zero-order valence-electron chi connectivity index (χ0n) is 15.4. The van der Waals surface area contributed by atoms with Gasteiger partial charge in [0.25, 0.3) is 0 Å². The summed E-state index contributed by atoms with van der Waals surface area (Å²) >= 11 is 6.00. The fraction of sp³-hybridized carbons (Fsp3) is 0.176. The van der Waals surface area contributed by atoms with Crippen molar-refractivity contribution in [3.05, 3.63) is 47.0 Å². The molecule has 150 valence electrons. The van der Waals surface area contributed by atoms with Crippen molar-refractivity contribution in [2.24, 2.45) is 5.10 Å². The number of sulfonamides is 1. The van der Waals surface area contributed by atoms with Crippen molar-refractivity contribution in [3.63, 3.8) is 0 Å². The molecule has 0 aliphatic rings. The van der Waals surface area contributed by atoms with Gasteiger partial charge in [-0.25, -0.2) is 17.5 Å². The molecule has 0 atom stereocenters. The number of hydrazine groups is 1. The van der Waals surface area contributed by atoms with E-state index in [-0.39, 0.29) is 16.1 Å². The maximum absolute atomic E-state index is 12.3. The number of anilines is 2. The van der Waals surface area contributed by atoms with Crippen LogP contribution < -0.4 is 15.3 Å². The molecule has 11 heteroatoms. The first-order chi connectivity index (χ1) is 13.1. The topological polar surface area (TPSA) is 112 Å². The van der Waals surface area contributed by atoms with Crippen LogP contribution in [0.4, 0.5) is 11.4 Å². The van der Waals surface area contributed by atoms with E-state index >= 15 is 0 Å². The van der Waals surface area contributed by atoms with Crippen LogP contribution in [-0.4, -0.2) is 51.7 Å². The molecule has 0 saturated heterocycles. The Hall–Kier alpha value is -2.82. The van der Waals surface area contributed by atoms with E-state index in [4.69, 9.17) is 16.3 Å². The van der Waals surface area contributed by atoms with Gasteiger partial charge in [0.15, 0.2) is 0 Å². The summed E-state index contributed by atoms with van der Waals surface area (Å²) < 4.78 is 30.8. The highest BCUT2D eigenvalue weighted by atomic mass is 35.5. The van der Waals surface area contributed by atoms with Crippen LogP contribution in [0.5, 0.6) is 5.75 Å². The number of hydrazone groups is 1. The average Bonchev–Trinajstić information content (AvgIpc) is 2.65. The van der Waals surface area contributed by atoms with Gasteiger partial charge in [-0.1, -0.05) is 11.6 Å². The fourth-order valence-electron chi connectivity index (χ4n) is 2.30. The molecule has 2 aromatic rings. The molecule has 2 N–H and O–H groups in total. The smallest absolute Gasteiger partial charge is 0.338 e. The third-order valence-electron chi connectivity index (χ3n) is 3.73. The molecule has 0 fully saturated rings. The maximum atomic E-state index is 12.3. The zero-order chi connectivity index (χ0) is 21.1. The van der Waals surface area contributed by atoms with Gasteiger partial charge in [-0.05, 0) is 36.4 Å². The molecular weight excluding hydrogens is 408 g/mol. The van der Waals surface area contributed by atoms with E-state index in [0.717, 1.165) is 15.5 Å². The highest BCUT2D eigenvalue weighted by Crippen LogP contribution is 2.31. The third-order valence-corrected chi connectivity index (χ3v) is 5.78. The normalized spacial score (nSPS) is 11.2. The van der Waals surface area contributed by atoms with E-state index in [1.54, 1.807) is 18.2 Å². The summed E-state index contributed by atoms with van der Waals surface area (Å²) in [5.41, 5.74) is 3.04. The van der Waals surface area contributed by atoms with Gasteiger partial charge in [-0.2, -0.15) is 10.2 Å². The van der Waals surface area contributed by atoms with Gasteiger partial charge in [0.1, 0.15) is 5.75 Å². The molecule has 0 spiro atoms. The third kappa shape index (κ3) is 4.35. The van der Waals surface area contributed by atoms with Crippen LogP contribution in [0.1, 0.15) is 10.4 Å². The number of nitrogens with zero attached hydrogens (tertiary/aromatic N) is 3. The van der Waals surface area contributed by atoms with Gasteiger partial charge >= 0.3 is 5.97 Å².